The molecule has 0 fully saturated rings. The van der Waals surface area contributed by atoms with Crippen LogP contribution in [0.2, 0.25) is 0 Å². The first kappa shape index (κ1) is 21.4. The molecular weight excluding hydrogens is 382 g/mol. The Kier molecular flexibility index (Phi) is 7.06. The Morgan fingerprint density at radius 1 is 1.00 bits per heavy atom. The maximum Gasteiger partial charge on any atom is 0.227 e. The molecule has 0 bridgehead atoms. The van der Waals surface area contributed by atoms with Gasteiger partial charge in [0.05, 0.1) is 13.2 Å². The van der Waals surface area contributed by atoms with Crippen LogP contribution in [0.1, 0.15) is 37.3 Å². The molecule has 1 amide bonds. The van der Waals surface area contributed by atoms with Crippen molar-refractivity contribution in [2.75, 3.05) is 18.5 Å². The SMILES string of the molecule is CCOc1ccc(-c2noc(CCC(=O)Nc3cc(C)cc(C)c3)n2)cc1OCC. The third-order valence-electron chi connectivity index (χ3n) is 4.34. The van der Waals surface area contributed by atoms with E-state index in [1.54, 1.807) is 0 Å². The summed E-state index contributed by atoms with van der Waals surface area (Å²) in [5.41, 5.74) is 3.76. The van der Waals surface area contributed by atoms with Crippen molar-refractivity contribution in [1.82, 2.24) is 10.1 Å². The topological polar surface area (TPSA) is 86.5 Å². The Morgan fingerprint density at radius 3 is 2.40 bits per heavy atom. The molecule has 0 aliphatic heterocycles. The second-order valence-corrected chi connectivity index (χ2v) is 6.96. The Morgan fingerprint density at radius 2 is 1.70 bits per heavy atom. The highest BCUT2D eigenvalue weighted by Crippen LogP contribution is 2.32. The molecule has 0 radical (unpaired) electrons. The van der Waals surface area contributed by atoms with Gasteiger partial charge in [-0.25, -0.2) is 0 Å². The molecule has 1 N–H and O–H groups in total. The van der Waals surface area contributed by atoms with Crippen LogP contribution >= 0.6 is 0 Å². The lowest BCUT2D eigenvalue weighted by atomic mass is 10.1. The number of aryl methyl sites for hydroxylation is 3. The van der Waals surface area contributed by atoms with Crippen molar-refractivity contribution in [1.29, 1.82) is 0 Å². The zero-order valence-electron chi connectivity index (χ0n) is 17.8. The summed E-state index contributed by atoms with van der Waals surface area (Å²) in [6.45, 7) is 8.91. The Bertz CT molecular complexity index is 993. The molecule has 30 heavy (non-hydrogen) atoms. The minimum absolute atomic E-state index is 0.0977. The minimum atomic E-state index is -0.0977. The fraction of sp³-hybridized carbons (Fsp3) is 0.348. The van der Waals surface area contributed by atoms with Gasteiger partial charge in [-0.2, -0.15) is 4.98 Å². The van der Waals surface area contributed by atoms with Gasteiger partial charge in [0.2, 0.25) is 17.6 Å². The Hall–Kier alpha value is -3.35. The lowest BCUT2D eigenvalue weighted by molar-refractivity contribution is -0.116. The average molecular weight is 409 g/mol. The molecule has 2 aromatic carbocycles. The minimum Gasteiger partial charge on any atom is -0.490 e. The molecule has 0 saturated carbocycles. The first-order chi connectivity index (χ1) is 14.5. The van der Waals surface area contributed by atoms with Gasteiger partial charge in [-0.1, -0.05) is 11.2 Å². The van der Waals surface area contributed by atoms with Crippen molar-refractivity contribution >= 4 is 11.6 Å². The van der Waals surface area contributed by atoms with Gasteiger partial charge in [0, 0.05) is 24.1 Å². The maximum absolute atomic E-state index is 12.3. The first-order valence-electron chi connectivity index (χ1n) is 10.1. The summed E-state index contributed by atoms with van der Waals surface area (Å²) >= 11 is 0. The second-order valence-electron chi connectivity index (χ2n) is 6.96. The van der Waals surface area contributed by atoms with Crippen LogP contribution in [0, 0.1) is 13.8 Å². The van der Waals surface area contributed by atoms with Crippen molar-refractivity contribution in [3.63, 3.8) is 0 Å². The van der Waals surface area contributed by atoms with Crippen LogP contribution in [0.3, 0.4) is 0 Å². The van der Waals surface area contributed by atoms with E-state index < -0.39 is 0 Å². The van der Waals surface area contributed by atoms with Gasteiger partial charge >= 0.3 is 0 Å². The lowest BCUT2D eigenvalue weighted by Gasteiger charge is -2.11. The number of carbonyl (C=O) groups is 1. The number of aromatic nitrogens is 2. The highest BCUT2D eigenvalue weighted by Gasteiger charge is 2.14. The second kappa shape index (κ2) is 9.91. The number of rotatable bonds is 9. The molecule has 1 aromatic heterocycles. The van der Waals surface area contributed by atoms with E-state index in [-0.39, 0.29) is 12.3 Å². The fourth-order valence-electron chi connectivity index (χ4n) is 3.15. The maximum atomic E-state index is 12.3. The van der Waals surface area contributed by atoms with E-state index in [0.29, 0.717) is 42.8 Å². The van der Waals surface area contributed by atoms with E-state index >= 15 is 0 Å². The number of hydrogen-bond donors (Lipinski definition) is 1. The van der Waals surface area contributed by atoms with Crippen LogP contribution in [-0.4, -0.2) is 29.3 Å². The summed E-state index contributed by atoms with van der Waals surface area (Å²) < 4.78 is 16.5. The quantitative estimate of drug-likeness (QED) is 0.550. The zero-order chi connectivity index (χ0) is 21.5. The molecule has 1 heterocycles. The summed E-state index contributed by atoms with van der Waals surface area (Å²) in [4.78, 5) is 16.7. The molecule has 158 valence electrons. The predicted octanol–water partition coefficient (Wildman–Crippen LogP) is 4.72. The van der Waals surface area contributed by atoms with Crippen LogP contribution in [-0.2, 0) is 11.2 Å². The van der Waals surface area contributed by atoms with Gasteiger partial charge in [0.25, 0.3) is 0 Å². The number of ether oxygens (including phenoxy) is 2. The molecule has 3 rings (SSSR count). The molecule has 7 nitrogen and oxygen atoms in total. The molecule has 3 aromatic rings. The number of nitrogens with one attached hydrogen (secondary N) is 1. The third-order valence-corrected chi connectivity index (χ3v) is 4.34. The third kappa shape index (κ3) is 5.59. The summed E-state index contributed by atoms with van der Waals surface area (Å²) in [5, 5.41) is 6.95. The number of benzene rings is 2. The van der Waals surface area contributed by atoms with E-state index in [9.17, 15) is 4.79 Å². The average Bonchev–Trinajstić information content (AvgIpc) is 3.16. The van der Waals surface area contributed by atoms with Gasteiger partial charge in [-0.3, -0.25) is 4.79 Å². The van der Waals surface area contributed by atoms with E-state index in [2.05, 4.69) is 21.5 Å². The summed E-state index contributed by atoms with van der Waals surface area (Å²) in [6.07, 6.45) is 0.612. The van der Waals surface area contributed by atoms with E-state index in [0.717, 1.165) is 22.4 Å². The zero-order valence-corrected chi connectivity index (χ0v) is 17.8. The number of nitrogens with zero attached hydrogens (tertiary/aromatic N) is 2. The normalized spacial score (nSPS) is 10.7. The van der Waals surface area contributed by atoms with Gasteiger partial charge in [-0.05, 0) is 69.2 Å². The lowest BCUT2D eigenvalue weighted by Crippen LogP contribution is -2.12. The number of amides is 1. The molecule has 0 spiro atoms. The number of hydrogen-bond acceptors (Lipinski definition) is 6. The van der Waals surface area contributed by atoms with Crippen molar-refractivity contribution in [2.24, 2.45) is 0 Å². The molecule has 0 aliphatic carbocycles. The van der Waals surface area contributed by atoms with Gasteiger partial charge in [0.1, 0.15) is 0 Å². The molecule has 0 saturated heterocycles. The predicted molar refractivity (Wildman–Crippen MR) is 115 cm³/mol. The largest absolute Gasteiger partial charge is 0.490 e. The van der Waals surface area contributed by atoms with Crippen molar-refractivity contribution in [3.05, 3.63) is 53.4 Å². The van der Waals surface area contributed by atoms with Gasteiger partial charge < -0.3 is 19.3 Å². The molecule has 0 aliphatic rings. The molecule has 7 heteroatoms. The molecule has 0 unspecified atom stereocenters. The number of carbonyl (C=O) groups excluding carboxylic acids is 1. The van der Waals surface area contributed by atoms with Crippen molar-refractivity contribution in [2.45, 2.75) is 40.5 Å². The molecule has 0 atom stereocenters. The van der Waals surface area contributed by atoms with Crippen LogP contribution in [0.4, 0.5) is 5.69 Å². The van der Waals surface area contributed by atoms with Crippen LogP contribution < -0.4 is 14.8 Å². The highest BCUT2D eigenvalue weighted by atomic mass is 16.5. The van der Waals surface area contributed by atoms with E-state index in [4.69, 9.17) is 14.0 Å². The summed E-state index contributed by atoms with van der Waals surface area (Å²) in [5.74, 6) is 2.07. The Labute approximate surface area is 176 Å². The standard InChI is InChI=1S/C23H27N3O4/c1-5-28-19-8-7-17(14-20(19)29-6-2)23-25-22(30-26-23)10-9-21(27)24-18-12-15(3)11-16(4)13-18/h7-8,11-14H,5-6,9-10H2,1-4H3,(H,24,27). The van der Waals surface area contributed by atoms with E-state index in [1.165, 1.54) is 0 Å². The molecular formula is C23H27N3O4. The Balaban J connectivity index is 1.63. The van der Waals surface area contributed by atoms with Crippen molar-refractivity contribution in [3.8, 4) is 22.9 Å². The van der Waals surface area contributed by atoms with Crippen molar-refractivity contribution < 1.29 is 18.8 Å². The summed E-state index contributed by atoms with van der Waals surface area (Å²) in [6, 6.07) is 11.5. The fourth-order valence-corrected chi connectivity index (χ4v) is 3.15. The van der Waals surface area contributed by atoms with Crippen LogP contribution in [0.5, 0.6) is 11.5 Å². The van der Waals surface area contributed by atoms with Crippen LogP contribution in [0.15, 0.2) is 40.9 Å². The number of anilines is 1. The summed E-state index contributed by atoms with van der Waals surface area (Å²) in [7, 11) is 0. The smallest absolute Gasteiger partial charge is 0.227 e. The van der Waals surface area contributed by atoms with Gasteiger partial charge in [0.15, 0.2) is 11.5 Å². The van der Waals surface area contributed by atoms with Crippen LogP contribution in [0.25, 0.3) is 11.4 Å². The highest BCUT2D eigenvalue weighted by molar-refractivity contribution is 5.91. The monoisotopic (exact) mass is 409 g/mol. The van der Waals surface area contributed by atoms with E-state index in [1.807, 2.05) is 58.0 Å². The van der Waals surface area contributed by atoms with Gasteiger partial charge in [-0.15, -0.1) is 0 Å². The first-order valence-corrected chi connectivity index (χ1v) is 10.1.